The molecule has 2 rings (SSSR count). The highest BCUT2D eigenvalue weighted by Crippen LogP contribution is 2.36. The molecular weight excluding hydrogens is 210 g/mol. The van der Waals surface area contributed by atoms with Crippen LogP contribution >= 0.6 is 22.9 Å². The lowest BCUT2D eigenvalue weighted by atomic mass is 10.2. The first-order valence-electron chi connectivity index (χ1n) is 3.50. The highest BCUT2D eigenvalue weighted by Gasteiger charge is 2.15. The third-order valence-corrected chi connectivity index (χ3v) is 3.10. The Hall–Kier alpha value is -1.13. The predicted molar refractivity (Wildman–Crippen MR) is 53.5 cm³/mol. The maximum absolute atomic E-state index is 10.6. The van der Waals surface area contributed by atoms with Crippen molar-refractivity contribution < 1.29 is 4.92 Å². The van der Waals surface area contributed by atoms with E-state index >= 15 is 0 Å². The van der Waals surface area contributed by atoms with E-state index in [4.69, 9.17) is 11.6 Å². The van der Waals surface area contributed by atoms with E-state index in [1.54, 1.807) is 11.4 Å². The van der Waals surface area contributed by atoms with Crippen LogP contribution in [-0.4, -0.2) is 4.92 Å². The van der Waals surface area contributed by atoms with Gasteiger partial charge >= 0.3 is 0 Å². The molecule has 0 saturated carbocycles. The molecule has 0 N–H and O–H groups in total. The number of nitrogens with zero attached hydrogens (tertiary/aromatic N) is 1. The van der Waals surface area contributed by atoms with Crippen molar-refractivity contribution in [2.45, 2.75) is 0 Å². The number of thiophene rings is 1. The van der Waals surface area contributed by atoms with Crippen molar-refractivity contribution in [2.24, 2.45) is 0 Å². The van der Waals surface area contributed by atoms with E-state index in [0.29, 0.717) is 10.4 Å². The number of hydrogen-bond acceptors (Lipinski definition) is 3. The quantitative estimate of drug-likeness (QED) is 0.538. The third kappa shape index (κ3) is 1.28. The van der Waals surface area contributed by atoms with Gasteiger partial charge in [0.05, 0.1) is 15.3 Å². The number of halogens is 1. The SMILES string of the molecule is O=[N+]([O-])c1cccc2scc(Cl)c12. The molecule has 0 fully saturated rings. The Balaban J connectivity index is 2.88. The van der Waals surface area contributed by atoms with E-state index in [0.717, 1.165) is 4.70 Å². The molecule has 66 valence electrons. The van der Waals surface area contributed by atoms with E-state index in [1.165, 1.54) is 17.4 Å². The van der Waals surface area contributed by atoms with Gasteiger partial charge in [-0.15, -0.1) is 11.3 Å². The lowest BCUT2D eigenvalue weighted by Gasteiger charge is -1.93. The molecule has 0 aliphatic rings. The summed E-state index contributed by atoms with van der Waals surface area (Å²) in [6.07, 6.45) is 0. The van der Waals surface area contributed by atoms with Crippen LogP contribution in [0.1, 0.15) is 0 Å². The minimum absolute atomic E-state index is 0.0729. The number of non-ortho nitro benzene ring substituents is 1. The van der Waals surface area contributed by atoms with Crippen LogP contribution in [-0.2, 0) is 0 Å². The Morgan fingerprint density at radius 3 is 2.92 bits per heavy atom. The van der Waals surface area contributed by atoms with E-state index in [1.807, 2.05) is 6.07 Å². The summed E-state index contributed by atoms with van der Waals surface area (Å²) >= 11 is 7.24. The van der Waals surface area contributed by atoms with Gasteiger partial charge < -0.3 is 0 Å². The molecule has 0 bridgehead atoms. The number of benzene rings is 1. The van der Waals surface area contributed by atoms with Crippen LogP contribution in [0, 0.1) is 10.1 Å². The number of rotatable bonds is 1. The molecule has 0 saturated heterocycles. The number of fused-ring (bicyclic) bond motifs is 1. The zero-order valence-corrected chi connectivity index (χ0v) is 7.93. The first kappa shape index (κ1) is 8.47. The molecule has 0 amide bonds. The van der Waals surface area contributed by atoms with Gasteiger partial charge in [0.25, 0.3) is 5.69 Å². The Labute approximate surface area is 82.7 Å². The van der Waals surface area contributed by atoms with Crippen LogP contribution in [0.3, 0.4) is 0 Å². The van der Waals surface area contributed by atoms with E-state index < -0.39 is 4.92 Å². The van der Waals surface area contributed by atoms with Crippen molar-refractivity contribution in [1.29, 1.82) is 0 Å². The van der Waals surface area contributed by atoms with Gasteiger partial charge in [0, 0.05) is 16.1 Å². The van der Waals surface area contributed by atoms with Crippen molar-refractivity contribution in [2.75, 3.05) is 0 Å². The monoisotopic (exact) mass is 213 g/mol. The predicted octanol–water partition coefficient (Wildman–Crippen LogP) is 3.46. The zero-order chi connectivity index (χ0) is 9.42. The molecular formula is C8H4ClNO2S. The summed E-state index contributed by atoms with van der Waals surface area (Å²) in [5.41, 5.74) is 0.0729. The number of nitro benzene ring substituents is 1. The van der Waals surface area contributed by atoms with E-state index in [2.05, 4.69) is 0 Å². The Morgan fingerprint density at radius 1 is 1.46 bits per heavy atom. The molecule has 0 spiro atoms. The van der Waals surface area contributed by atoms with Gasteiger partial charge in [-0.05, 0) is 6.07 Å². The lowest BCUT2D eigenvalue weighted by Crippen LogP contribution is -1.87. The summed E-state index contributed by atoms with van der Waals surface area (Å²) in [4.78, 5) is 10.2. The number of nitro groups is 1. The molecule has 13 heavy (non-hydrogen) atoms. The van der Waals surface area contributed by atoms with E-state index in [-0.39, 0.29) is 5.69 Å². The Kier molecular flexibility index (Phi) is 1.94. The topological polar surface area (TPSA) is 43.1 Å². The molecule has 1 aromatic carbocycles. The standard InChI is InChI=1S/C8H4ClNO2S/c9-5-4-13-7-3-1-2-6(8(5)7)10(11)12/h1-4H. The van der Waals surface area contributed by atoms with Crippen LogP contribution in [0.5, 0.6) is 0 Å². The van der Waals surface area contributed by atoms with Crippen LogP contribution in [0.2, 0.25) is 5.02 Å². The molecule has 0 aliphatic heterocycles. The molecule has 1 heterocycles. The normalized spacial score (nSPS) is 10.5. The second-order valence-electron chi connectivity index (χ2n) is 2.49. The molecule has 1 aromatic heterocycles. The number of hydrogen-bond donors (Lipinski definition) is 0. The molecule has 5 heteroatoms. The fraction of sp³-hybridized carbons (Fsp3) is 0. The van der Waals surface area contributed by atoms with Crippen molar-refractivity contribution >= 4 is 38.7 Å². The average Bonchev–Trinajstić information content (AvgIpc) is 2.48. The first-order chi connectivity index (χ1) is 6.20. The summed E-state index contributed by atoms with van der Waals surface area (Å²) in [7, 11) is 0. The second kappa shape index (κ2) is 2.97. The smallest absolute Gasteiger partial charge is 0.258 e. The van der Waals surface area contributed by atoms with Gasteiger partial charge in [0.2, 0.25) is 0 Å². The Bertz CT molecular complexity index is 480. The molecule has 3 nitrogen and oxygen atoms in total. The fourth-order valence-corrected chi connectivity index (χ4v) is 2.41. The highest BCUT2D eigenvalue weighted by molar-refractivity contribution is 7.18. The maximum Gasteiger partial charge on any atom is 0.279 e. The zero-order valence-electron chi connectivity index (χ0n) is 6.36. The third-order valence-electron chi connectivity index (χ3n) is 1.73. The van der Waals surface area contributed by atoms with Crippen LogP contribution in [0.4, 0.5) is 5.69 Å². The van der Waals surface area contributed by atoms with Gasteiger partial charge in [0.15, 0.2) is 0 Å². The minimum atomic E-state index is -0.416. The van der Waals surface area contributed by atoms with Gasteiger partial charge in [-0.2, -0.15) is 0 Å². The first-order valence-corrected chi connectivity index (χ1v) is 4.76. The maximum atomic E-state index is 10.6. The summed E-state index contributed by atoms with van der Waals surface area (Å²) < 4.78 is 0.846. The minimum Gasteiger partial charge on any atom is -0.258 e. The molecule has 0 atom stereocenters. The lowest BCUT2D eigenvalue weighted by molar-refractivity contribution is -0.383. The molecule has 0 radical (unpaired) electrons. The van der Waals surface area contributed by atoms with Crippen molar-refractivity contribution in [3.8, 4) is 0 Å². The van der Waals surface area contributed by atoms with Crippen molar-refractivity contribution in [1.82, 2.24) is 0 Å². The van der Waals surface area contributed by atoms with Crippen LogP contribution in [0.25, 0.3) is 10.1 Å². The average molecular weight is 214 g/mol. The van der Waals surface area contributed by atoms with E-state index in [9.17, 15) is 10.1 Å². The van der Waals surface area contributed by atoms with Gasteiger partial charge in [0.1, 0.15) is 0 Å². The molecule has 0 unspecified atom stereocenters. The van der Waals surface area contributed by atoms with Gasteiger partial charge in [-0.25, -0.2) is 0 Å². The summed E-state index contributed by atoms with van der Waals surface area (Å²) in [6.45, 7) is 0. The second-order valence-corrected chi connectivity index (χ2v) is 3.81. The fourth-order valence-electron chi connectivity index (χ4n) is 1.18. The molecule has 0 aliphatic carbocycles. The van der Waals surface area contributed by atoms with Crippen LogP contribution < -0.4 is 0 Å². The highest BCUT2D eigenvalue weighted by atomic mass is 35.5. The largest absolute Gasteiger partial charge is 0.279 e. The van der Waals surface area contributed by atoms with Gasteiger partial charge in [-0.1, -0.05) is 17.7 Å². The van der Waals surface area contributed by atoms with Crippen molar-refractivity contribution in [3.63, 3.8) is 0 Å². The van der Waals surface area contributed by atoms with Crippen molar-refractivity contribution in [3.05, 3.63) is 38.7 Å². The molecule has 2 aromatic rings. The van der Waals surface area contributed by atoms with Crippen LogP contribution in [0.15, 0.2) is 23.6 Å². The summed E-state index contributed by atoms with van der Waals surface area (Å²) in [5, 5.41) is 13.3. The summed E-state index contributed by atoms with van der Waals surface area (Å²) in [5.74, 6) is 0. The Morgan fingerprint density at radius 2 is 2.23 bits per heavy atom. The summed E-state index contributed by atoms with van der Waals surface area (Å²) in [6, 6.07) is 4.94. The van der Waals surface area contributed by atoms with Gasteiger partial charge in [-0.3, -0.25) is 10.1 Å².